The van der Waals surface area contributed by atoms with Gasteiger partial charge in [-0.1, -0.05) is 20.3 Å². The molecule has 0 spiro atoms. The molecule has 1 aromatic rings. The third-order valence-corrected chi connectivity index (χ3v) is 3.84. The highest BCUT2D eigenvalue weighted by atomic mass is 15.3. The van der Waals surface area contributed by atoms with Crippen LogP contribution in [0.2, 0.25) is 0 Å². The van der Waals surface area contributed by atoms with Gasteiger partial charge in [-0.25, -0.2) is 0 Å². The third-order valence-electron chi connectivity index (χ3n) is 3.84. The predicted molar refractivity (Wildman–Crippen MR) is 85.2 cm³/mol. The van der Waals surface area contributed by atoms with Gasteiger partial charge in [0.1, 0.15) is 5.82 Å². The Bertz CT molecular complexity index is 463. The number of aryl methyl sites for hydroxylation is 1. The van der Waals surface area contributed by atoms with Crippen LogP contribution in [0.25, 0.3) is 0 Å². The first-order chi connectivity index (χ1) is 10.2. The van der Waals surface area contributed by atoms with Crippen LogP contribution in [0.3, 0.4) is 0 Å². The fraction of sp³-hybridized carbons (Fsp3) is 0.800. The summed E-state index contributed by atoms with van der Waals surface area (Å²) in [5.74, 6) is 3.68. The van der Waals surface area contributed by atoms with Crippen molar-refractivity contribution in [2.45, 2.75) is 59.0 Å². The van der Waals surface area contributed by atoms with E-state index in [1.165, 1.54) is 19.3 Å². The van der Waals surface area contributed by atoms with Crippen molar-refractivity contribution in [2.24, 2.45) is 10.9 Å². The van der Waals surface area contributed by atoms with Crippen molar-refractivity contribution < 1.29 is 0 Å². The molecule has 0 amide bonds. The van der Waals surface area contributed by atoms with Crippen LogP contribution in [0.15, 0.2) is 4.99 Å². The fourth-order valence-electron chi connectivity index (χ4n) is 2.54. The van der Waals surface area contributed by atoms with Gasteiger partial charge in [-0.15, -0.1) is 10.2 Å². The Morgan fingerprint density at radius 1 is 1.24 bits per heavy atom. The normalized spacial score (nSPS) is 15.7. The summed E-state index contributed by atoms with van der Waals surface area (Å²) in [6.07, 6.45) is 5.92. The number of nitrogens with zero attached hydrogens (tertiary/aromatic N) is 4. The van der Waals surface area contributed by atoms with E-state index < -0.39 is 0 Å². The first-order valence-electron chi connectivity index (χ1n) is 8.06. The Morgan fingerprint density at radius 2 is 2.10 bits per heavy atom. The summed E-state index contributed by atoms with van der Waals surface area (Å²) in [7, 11) is 1.80. The van der Waals surface area contributed by atoms with Gasteiger partial charge in [0, 0.05) is 26.6 Å². The average Bonchev–Trinajstić information content (AvgIpc) is 2.70. The number of aliphatic imine (C=N–C) groups is 1. The quantitative estimate of drug-likeness (QED) is 0.640. The molecule has 1 aliphatic rings. The molecule has 0 aliphatic carbocycles. The molecule has 0 saturated heterocycles. The van der Waals surface area contributed by atoms with E-state index in [-0.39, 0.29) is 0 Å². The lowest BCUT2D eigenvalue weighted by molar-refractivity contribution is 0.569. The van der Waals surface area contributed by atoms with Crippen LogP contribution in [0.1, 0.15) is 51.2 Å². The maximum Gasteiger partial charge on any atom is 0.191 e. The molecule has 0 unspecified atom stereocenters. The molecule has 0 bridgehead atoms. The van der Waals surface area contributed by atoms with Gasteiger partial charge in [-0.3, -0.25) is 4.99 Å². The Morgan fingerprint density at radius 3 is 2.86 bits per heavy atom. The molecule has 6 nitrogen and oxygen atoms in total. The number of guanidine groups is 1. The molecule has 2 rings (SSSR count). The van der Waals surface area contributed by atoms with Crippen molar-refractivity contribution in [3.05, 3.63) is 11.6 Å². The maximum atomic E-state index is 4.32. The maximum absolute atomic E-state index is 4.32. The zero-order valence-corrected chi connectivity index (χ0v) is 13.5. The first-order valence-corrected chi connectivity index (χ1v) is 8.06. The van der Waals surface area contributed by atoms with E-state index in [0.717, 1.165) is 43.5 Å². The SMILES string of the molecule is CN=C(NCCC(C)C)NCc1nnc2n1CCCCC2. The van der Waals surface area contributed by atoms with Crippen LogP contribution in [0, 0.1) is 5.92 Å². The van der Waals surface area contributed by atoms with Crippen LogP contribution >= 0.6 is 0 Å². The first kappa shape index (κ1) is 15.8. The van der Waals surface area contributed by atoms with Crippen LogP contribution in [-0.2, 0) is 19.5 Å². The smallest absolute Gasteiger partial charge is 0.191 e. The van der Waals surface area contributed by atoms with E-state index in [2.05, 4.69) is 44.2 Å². The van der Waals surface area contributed by atoms with E-state index in [9.17, 15) is 0 Å². The lowest BCUT2D eigenvalue weighted by atomic mass is 10.1. The molecule has 0 aromatic carbocycles. The summed E-state index contributed by atoms with van der Waals surface area (Å²) in [6.45, 7) is 7.11. The standard InChI is InChI=1S/C15H28N6/c1-12(2)8-9-17-15(16-3)18-11-14-20-19-13-7-5-4-6-10-21(13)14/h12H,4-11H2,1-3H3,(H2,16,17,18). The Labute approximate surface area is 127 Å². The lowest BCUT2D eigenvalue weighted by Gasteiger charge is -2.13. The van der Waals surface area contributed by atoms with Gasteiger partial charge < -0.3 is 15.2 Å². The zero-order valence-electron chi connectivity index (χ0n) is 13.5. The number of hydrogen-bond donors (Lipinski definition) is 2. The summed E-state index contributed by atoms with van der Waals surface area (Å²) in [4.78, 5) is 4.25. The summed E-state index contributed by atoms with van der Waals surface area (Å²) < 4.78 is 2.27. The molecule has 1 aromatic heterocycles. The van der Waals surface area contributed by atoms with Gasteiger partial charge in [-0.05, 0) is 25.2 Å². The molecule has 0 saturated carbocycles. The molecule has 2 heterocycles. The van der Waals surface area contributed by atoms with Crippen LogP contribution in [-0.4, -0.2) is 34.3 Å². The molecule has 21 heavy (non-hydrogen) atoms. The van der Waals surface area contributed by atoms with E-state index in [1.807, 2.05) is 0 Å². The third kappa shape index (κ3) is 4.72. The van der Waals surface area contributed by atoms with Crippen LogP contribution in [0.4, 0.5) is 0 Å². The summed E-state index contributed by atoms with van der Waals surface area (Å²) in [5.41, 5.74) is 0. The second-order valence-corrected chi connectivity index (χ2v) is 6.03. The number of fused-ring (bicyclic) bond motifs is 1. The van der Waals surface area contributed by atoms with Gasteiger partial charge >= 0.3 is 0 Å². The second kappa shape index (κ2) is 8.00. The number of aromatic nitrogens is 3. The molecule has 0 radical (unpaired) electrons. The lowest BCUT2D eigenvalue weighted by Crippen LogP contribution is -2.38. The van der Waals surface area contributed by atoms with Crippen molar-refractivity contribution in [3.63, 3.8) is 0 Å². The van der Waals surface area contributed by atoms with Crippen molar-refractivity contribution in [2.75, 3.05) is 13.6 Å². The molecule has 0 atom stereocenters. The Hall–Kier alpha value is -1.59. The Balaban J connectivity index is 1.85. The topological polar surface area (TPSA) is 67.1 Å². The molecular weight excluding hydrogens is 264 g/mol. The minimum atomic E-state index is 0.675. The van der Waals surface area contributed by atoms with Crippen molar-refractivity contribution >= 4 is 5.96 Å². The molecule has 118 valence electrons. The molecule has 0 fully saturated rings. The van der Waals surface area contributed by atoms with Gasteiger partial charge in [0.2, 0.25) is 0 Å². The molecule has 1 aliphatic heterocycles. The number of rotatable bonds is 5. The molecule has 2 N–H and O–H groups in total. The summed E-state index contributed by atoms with van der Waals surface area (Å²) >= 11 is 0. The second-order valence-electron chi connectivity index (χ2n) is 6.03. The van der Waals surface area contributed by atoms with Crippen LogP contribution < -0.4 is 10.6 Å². The predicted octanol–water partition coefficient (Wildman–Crippen LogP) is 1.72. The van der Waals surface area contributed by atoms with Gasteiger partial charge in [0.25, 0.3) is 0 Å². The van der Waals surface area contributed by atoms with Crippen molar-refractivity contribution in [1.82, 2.24) is 25.4 Å². The molecule has 6 heteroatoms. The van der Waals surface area contributed by atoms with Gasteiger partial charge in [0.15, 0.2) is 11.8 Å². The number of hydrogen-bond acceptors (Lipinski definition) is 3. The zero-order chi connectivity index (χ0) is 15.1. The average molecular weight is 292 g/mol. The Kier molecular flexibility index (Phi) is 6.02. The largest absolute Gasteiger partial charge is 0.356 e. The van der Waals surface area contributed by atoms with Crippen molar-refractivity contribution in [3.8, 4) is 0 Å². The van der Waals surface area contributed by atoms with Gasteiger partial charge in [0.05, 0.1) is 6.54 Å². The summed E-state index contributed by atoms with van der Waals surface area (Å²) in [6, 6.07) is 0. The minimum absolute atomic E-state index is 0.675. The summed E-state index contributed by atoms with van der Waals surface area (Å²) in [5, 5.41) is 15.3. The minimum Gasteiger partial charge on any atom is -0.356 e. The highest BCUT2D eigenvalue weighted by Crippen LogP contribution is 2.14. The highest BCUT2D eigenvalue weighted by molar-refractivity contribution is 5.79. The van der Waals surface area contributed by atoms with E-state index >= 15 is 0 Å². The van der Waals surface area contributed by atoms with E-state index in [1.54, 1.807) is 7.05 Å². The van der Waals surface area contributed by atoms with E-state index in [4.69, 9.17) is 0 Å². The van der Waals surface area contributed by atoms with Crippen LogP contribution in [0.5, 0.6) is 0 Å². The fourth-order valence-corrected chi connectivity index (χ4v) is 2.54. The van der Waals surface area contributed by atoms with Gasteiger partial charge in [-0.2, -0.15) is 0 Å². The van der Waals surface area contributed by atoms with E-state index in [0.29, 0.717) is 12.5 Å². The van der Waals surface area contributed by atoms with Crippen molar-refractivity contribution in [1.29, 1.82) is 0 Å². The molecular formula is C15H28N6. The number of nitrogens with one attached hydrogen (secondary N) is 2. The highest BCUT2D eigenvalue weighted by Gasteiger charge is 2.14. The monoisotopic (exact) mass is 292 g/mol.